The van der Waals surface area contributed by atoms with Crippen LogP contribution in [0.2, 0.25) is 0 Å². The van der Waals surface area contributed by atoms with E-state index in [1.165, 1.54) is 17.0 Å². The van der Waals surface area contributed by atoms with Gasteiger partial charge in [-0.2, -0.15) is 0 Å². The molecule has 1 N–H and O–H groups in total. The third kappa shape index (κ3) is 4.75. The van der Waals surface area contributed by atoms with Gasteiger partial charge in [-0.1, -0.05) is 0 Å². The first-order chi connectivity index (χ1) is 17.3. The first-order valence-corrected chi connectivity index (χ1v) is 12.4. The van der Waals surface area contributed by atoms with E-state index in [-0.39, 0.29) is 24.8 Å². The van der Waals surface area contributed by atoms with Crippen LogP contribution in [0.1, 0.15) is 58.3 Å². The molecule has 0 spiro atoms. The lowest BCUT2D eigenvalue weighted by molar-refractivity contribution is -0.163. The molecule has 2 fully saturated rings. The van der Waals surface area contributed by atoms with E-state index in [1.54, 1.807) is 33.2 Å². The van der Waals surface area contributed by atoms with Crippen LogP contribution in [0.5, 0.6) is 5.75 Å². The summed E-state index contributed by atoms with van der Waals surface area (Å²) < 4.78 is 35.5. The van der Waals surface area contributed by atoms with Gasteiger partial charge in [0.25, 0.3) is 0 Å². The van der Waals surface area contributed by atoms with Crippen molar-refractivity contribution in [3.63, 3.8) is 0 Å². The van der Waals surface area contributed by atoms with Gasteiger partial charge in [-0.3, -0.25) is 4.90 Å². The van der Waals surface area contributed by atoms with Crippen LogP contribution >= 0.6 is 0 Å². The molecule has 2 aromatic heterocycles. The smallest absolute Gasteiger partial charge is 0.408 e. The van der Waals surface area contributed by atoms with Crippen molar-refractivity contribution in [2.45, 2.75) is 90.2 Å². The van der Waals surface area contributed by atoms with E-state index >= 15 is 0 Å². The molecule has 1 saturated carbocycles. The van der Waals surface area contributed by atoms with Gasteiger partial charge in [-0.05, 0) is 65.8 Å². The largest absolute Gasteiger partial charge is 0.487 e. The van der Waals surface area contributed by atoms with Crippen LogP contribution < -0.4 is 4.74 Å². The minimum Gasteiger partial charge on any atom is -0.487 e. The molecule has 5 rings (SSSR count). The molecule has 0 unspecified atom stereocenters. The van der Waals surface area contributed by atoms with Crippen LogP contribution in [0, 0.1) is 12.7 Å². The maximum absolute atomic E-state index is 14.3. The lowest BCUT2D eigenvalue weighted by atomic mass is 10.0. The molecule has 0 radical (unpaired) electrons. The molecule has 2 aliphatic rings. The molecule has 3 heterocycles. The summed E-state index contributed by atoms with van der Waals surface area (Å²) in [5, 5.41) is 10.8. The van der Waals surface area contributed by atoms with Crippen molar-refractivity contribution in [2.24, 2.45) is 0 Å². The SMILES string of the molecule is Cc1ncnc2c1ccn2[C@@H]1C[C@H](Oc2ccc(F)cc2CN(C(=O)O)C(C)(C)C)[C@H]2OC(C)(C)O[C@H]21. The van der Waals surface area contributed by atoms with Crippen molar-refractivity contribution in [1.29, 1.82) is 0 Å². The number of benzene rings is 1. The molecular weight excluding hydrogens is 479 g/mol. The van der Waals surface area contributed by atoms with Crippen molar-refractivity contribution >= 4 is 17.1 Å². The fraction of sp³-hybridized carbons (Fsp3) is 0.519. The van der Waals surface area contributed by atoms with Crippen molar-refractivity contribution in [3.8, 4) is 5.75 Å². The number of aromatic nitrogens is 3. The van der Waals surface area contributed by atoms with Gasteiger partial charge in [0.1, 0.15) is 41.9 Å². The topological polar surface area (TPSA) is 98.9 Å². The van der Waals surface area contributed by atoms with Gasteiger partial charge < -0.3 is 23.9 Å². The lowest BCUT2D eigenvalue weighted by Gasteiger charge is -2.34. The molecule has 4 atom stereocenters. The van der Waals surface area contributed by atoms with Gasteiger partial charge in [0.15, 0.2) is 5.79 Å². The highest BCUT2D eigenvalue weighted by Gasteiger charge is 2.56. The highest BCUT2D eigenvalue weighted by atomic mass is 19.1. The van der Waals surface area contributed by atoms with Gasteiger partial charge in [0.05, 0.1) is 18.3 Å². The van der Waals surface area contributed by atoms with E-state index in [9.17, 15) is 14.3 Å². The zero-order valence-corrected chi connectivity index (χ0v) is 21.9. The van der Waals surface area contributed by atoms with Gasteiger partial charge in [-0.15, -0.1) is 0 Å². The minimum absolute atomic E-state index is 0.0164. The summed E-state index contributed by atoms with van der Waals surface area (Å²) in [7, 11) is 0. The van der Waals surface area contributed by atoms with Crippen LogP contribution in [-0.2, 0) is 16.0 Å². The minimum atomic E-state index is -1.09. The average Bonchev–Trinajstić information content (AvgIpc) is 3.44. The van der Waals surface area contributed by atoms with Gasteiger partial charge in [0, 0.05) is 29.1 Å². The number of aryl methyl sites for hydroxylation is 1. The molecule has 198 valence electrons. The van der Waals surface area contributed by atoms with E-state index in [0.29, 0.717) is 17.7 Å². The Bertz CT molecular complexity index is 1330. The summed E-state index contributed by atoms with van der Waals surface area (Å²) in [4.78, 5) is 22.0. The molecule has 10 heteroatoms. The standard InChI is InChI=1S/C27H33FN4O5/c1-15-18-9-10-31(24(18)30-14-29-15)19-12-21(23-22(19)36-27(5,6)37-23)35-20-8-7-17(28)11-16(20)13-32(25(33)34)26(2,3)4/h7-11,14,19,21-23H,12-13H2,1-6H3,(H,33,34)/t19-,21+,22+,23-/m1/s1. The second-order valence-electron chi connectivity index (χ2n) is 11.2. The van der Waals surface area contributed by atoms with Crippen molar-refractivity contribution in [1.82, 2.24) is 19.4 Å². The van der Waals surface area contributed by atoms with E-state index in [0.717, 1.165) is 16.7 Å². The second-order valence-corrected chi connectivity index (χ2v) is 11.2. The van der Waals surface area contributed by atoms with Crippen LogP contribution in [0.4, 0.5) is 9.18 Å². The third-order valence-corrected chi connectivity index (χ3v) is 7.12. The Balaban J connectivity index is 1.48. The zero-order chi connectivity index (χ0) is 26.7. The number of fused-ring (bicyclic) bond motifs is 2. The maximum atomic E-state index is 14.3. The first-order valence-electron chi connectivity index (χ1n) is 12.4. The molecule has 37 heavy (non-hydrogen) atoms. The normalized spacial score (nSPS) is 24.8. The molecule has 1 aliphatic heterocycles. The lowest BCUT2D eigenvalue weighted by Crippen LogP contribution is -2.44. The van der Waals surface area contributed by atoms with E-state index < -0.39 is 29.3 Å². The summed E-state index contributed by atoms with van der Waals surface area (Å²) in [6.45, 7) is 11.1. The Morgan fingerprint density at radius 2 is 1.97 bits per heavy atom. The number of nitrogens with zero attached hydrogens (tertiary/aromatic N) is 4. The van der Waals surface area contributed by atoms with Gasteiger partial charge in [0.2, 0.25) is 0 Å². The highest BCUT2D eigenvalue weighted by Crippen LogP contribution is 2.46. The quantitative estimate of drug-likeness (QED) is 0.510. The maximum Gasteiger partial charge on any atom is 0.408 e. The van der Waals surface area contributed by atoms with Crippen LogP contribution in [0.15, 0.2) is 36.8 Å². The number of hydrogen-bond acceptors (Lipinski definition) is 6. The third-order valence-electron chi connectivity index (χ3n) is 7.12. The predicted octanol–water partition coefficient (Wildman–Crippen LogP) is 5.07. The number of rotatable bonds is 5. The Morgan fingerprint density at radius 3 is 2.68 bits per heavy atom. The van der Waals surface area contributed by atoms with Gasteiger partial charge >= 0.3 is 6.09 Å². The summed E-state index contributed by atoms with van der Waals surface area (Å²) >= 11 is 0. The molecule has 1 aromatic carbocycles. The highest BCUT2D eigenvalue weighted by molar-refractivity contribution is 5.78. The number of carbonyl (C=O) groups is 1. The van der Waals surface area contributed by atoms with Crippen LogP contribution in [0.25, 0.3) is 11.0 Å². The Hall–Kier alpha value is -3.24. The number of carboxylic acid groups (broad SMARTS) is 1. The predicted molar refractivity (Wildman–Crippen MR) is 134 cm³/mol. The molecule has 9 nitrogen and oxygen atoms in total. The van der Waals surface area contributed by atoms with Crippen molar-refractivity contribution < 1.29 is 28.5 Å². The fourth-order valence-corrected chi connectivity index (χ4v) is 5.37. The second kappa shape index (κ2) is 8.95. The molecule has 1 amide bonds. The summed E-state index contributed by atoms with van der Waals surface area (Å²) in [5.41, 5.74) is 1.48. The summed E-state index contributed by atoms with van der Waals surface area (Å²) in [5.74, 6) is -0.842. The monoisotopic (exact) mass is 512 g/mol. The van der Waals surface area contributed by atoms with Gasteiger partial charge in [-0.25, -0.2) is 19.2 Å². The number of halogens is 1. The first kappa shape index (κ1) is 25.4. The number of amides is 1. The number of ether oxygens (including phenoxy) is 3. The molecule has 3 aromatic rings. The zero-order valence-electron chi connectivity index (χ0n) is 21.9. The van der Waals surface area contributed by atoms with E-state index in [4.69, 9.17) is 14.2 Å². The molecule has 1 aliphatic carbocycles. The van der Waals surface area contributed by atoms with Crippen molar-refractivity contribution in [3.05, 3.63) is 53.9 Å². The summed E-state index contributed by atoms with van der Waals surface area (Å²) in [6.07, 6.45) is 1.94. The molecule has 0 bridgehead atoms. The van der Waals surface area contributed by atoms with Crippen molar-refractivity contribution in [2.75, 3.05) is 0 Å². The Morgan fingerprint density at radius 1 is 1.24 bits per heavy atom. The Kier molecular flexibility index (Phi) is 6.15. The van der Waals surface area contributed by atoms with Crippen LogP contribution in [0.3, 0.4) is 0 Å². The van der Waals surface area contributed by atoms with E-state index in [1.807, 2.05) is 33.0 Å². The summed E-state index contributed by atoms with van der Waals surface area (Å²) in [6, 6.07) is 6.09. The fourth-order valence-electron chi connectivity index (χ4n) is 5.37. The van der Waals surface area contributed by atoms with E-state index in [2.05, 4.69) is 14.5 Å². The van der Waals surface area contributed by atoms with Crippen LogP contribution in [-0.4, -0.2) is 60.3 Å². The molecular formula is C27H33FN4O5. The number of hydrogen-bond donors (Lipinski definition) is 1. The Labute approximate surface area is 215 Å². The average molecular weight is 513 g/mol. The molecule has 1 saturated heterocycles.